The lowest BCUT2D eigenvalue weighted by molar-refractivity contribution is 0.0730. The van der Waals surface area contributed by atoms with Gasteiger partial charge in [-0.1, -0.05) is 6.92 Å². The second-order valence-corrected chi connectivity index (χ2v) is 9.90. The smallest absolute Gasteiger partial charge is 0.243 e. The highest BCUT2D eigenvalue weighted by Gasteiger charge is 2.30. The Morgan fingerprint density at radius 3 is 2.67 bits per heavy atom. The van der Waals surface area contributed by atoms with Gasteiger partial charge in [0.05, 0.1) is 30.9 Å². The fourth-order valence-electron chi connectivity index (χ4n) is 4.53. The number of benzene rings is 1. The Morgan fingerprint density at radius 1 is 1.20 bits per heavy atom. The number of ether oxygens (including phenoxy) is 2. The van der Waals surface area contributed by atoms with Crippen molar-refractivity contribution in [2.24, 2.45) is 0 Å². The Bertz CT molecular complexity index is 996. The van der Waals surface area contributed by atoms with Gasteiger partial charge < -0.3 is 19.4 Å². The molecule has 2 aromatic rings. The minimum Gasteiger partial charge on any atom is -0.496 e. The van der Waals surface area contributed by atoms with Crippen LogP contribution in [0.2, 0.25) is 0 Å². The van der Waals surface area contributed by atoms with Crippen LogP contribution in [-0.2, 0) is 14.8 Å². The van der Waals surface area contributed by atoms with Crippen LogP contribution in [0.15, 0.2) is 29.2 Å². The van der Waals surface area contributed by atoms with Crippen LogP contribution in [0.4, 0.5) is 5.82 Å². The molecule has 2 aliphatic heterocycles. The van der Waals surface area contributed by atoms with Gasteiger partial charge >= 0.3 is 0 Å². The highest BCUT2D eigenvalue weighted by Crippen LogP contribution is 2.37. The average molecular weight is 434 g/mol. The molecule has 4 rings (SSSR count). The Labute approximate surface area is 179 Å². The molecule has 0 saturated carbocycles. The maximum absolute atomic E-state index is 13.3. The van der Waals surface area contributed by atoms with Crippen molar-refractivity contribution in [2.45, 2.75) is 44.0 Å². The molecule has 1 N–H and O–H groups in total. The van der Waals surface area contributed by atoms with Gasteiger partial charge in [-0.25, -0.2) is 8.42 Å². The largest absolute Gasteiger partial charge is 0.496 e. The van der Waals surface area contributed by atoms with E-state index in [0.717, 1.165) is 30.0 Å². The third kappa shape index (κ3) is 3.84. The number of sulfonamides is 1. The van der Waals surface area contributed by atoms with Gasteiger partial charge in [0.25, 0.3) is 0 Å². The zero-order chi connectivity index (χ0) is 21.3. The summed E-state index contributed by atoms with van der Waals surface area (Å²) in [4.78, 5) is 6.24. The Hall–Kier alpha value is -2.03. The van der Waals surface area contributed by atoms with Crippen molar-refractivity contribution in [1.29, 1.82) is 0 Å². The first-order valence-electron chi connectivity index (χ1n) is 10.7. The summed E-state index contributed by atoms with van der Waals surface area (Å²) in [7, 11) is -1.98. The van der Waals surface area contributed by atoms with E-state index >= 15 is 0 Å². The second kappa shape index (κ2) is 8.61. The minimum atomic E-state index is -3.60. The van der Waals surface area contributed by atoms with E-state index in [9.17, 15) is 8.42 Å². The third-order valence-electron chi connectivity index (χ3n) is 6.20. The van der Waals surface area contributed by atoms with E-state index in [2.05, 4.69) is 22.9 Å². The predicted octanol–water partition coefficient (Wildman–Crippen LogP) is 3.40. The Balaban J connectivity index is 1.73. The molecule has 2 fully saturated rings. The summed E-state index contributed by atoms with van der Waals surface area (Å²) >= 11 is 0. The number of hydrogen-bond acceptors (Lipinski definition) is 5. The van der Waals surface area contributed by atoms with Crippen molar-refractivity contribution in [3.05, 3.63) is 29.8 Å². The SMILES string of the molecule is CCC1CCCN1c1ccc(-c2cc(S(=O)(=O)N3CCOCC3)c(C)cc2OC)[nH]1. The summed E-state index contributed by atoms with van der Waals surface area (Å²) in [5.41, 5.74) is 2.30. The number of aromatic nitrogens is 1. The van der Waals surface area contributed by atoms with Crippen LogP contribution < -0.4 is 9.64 Å². The lowest BCUT2D eigenvalue weighted by Gasteiger charge is -2.27. The van der Waals surface area contributed by atoms with Crippen LogP contribution in [0.25, 0.3) is 11.3 Å². The topological polar surface area (TPSA) is 74.9 Å². The van der Waals surface area contributed by atoms with Crippen molar-refractivity contribution >= 4 is 15.8 Å². The summed E-state index contributed by atoms with van der Waals surface area (Å²) < 4.78 is 39.0. The number of aryl methyl sites for hydroxylation is 1. The number of rotatable bonds is 6. The van der Waals surface area contributed by atoms with Gasteiger partial charge in [0, 0.05) is 31.2 Å². The molecular weight excluding hydrogens is 402 g/mol. The molecular formula is C22H31N3O4S. The monoisotopic (exact) mass is 433 g/mol. The normalized spacial score (nSPS) is 20.6. The van der Waals surface area contributed by atoms with Gasteiger partial charge in [0.1, 0.15) is 11.6 Å². The van der Waals surface area contributed by atoms with Crippen molar-refractivity contribution in [3.8, 4) is 17.0 Å². The number of methoxy groups -OCH3 is 1. The minimum absolute atomic E-state index is 0.323. The molecule has 2 aliphatic rings. The van der Waals surface area contributed by atoms with Crippen LogP contribution in [0, 0.1) is 6.92 Å². The zero-order valence-corrected chi connectivity index (χ0v) is 18.8. The summed E-state index contributed by atoms with van der Waals surface area (Å²) in [6, 6.07) is 8.20. The Kier molecular flexibility index (Phi) is 6.09. The van der Waals surface area contributed by atoms with Gasteiger partial charge in [-0.05, 0) is 56.0 Å². The first-order chi connectivity index (χ1) is 14.5. The molecule has 0 spiro atoms. The second-order valence-electron chi connectivity index (χ2n) is 7.99. The number of anilines is 1. The van der Waals surface area contributed by atoms with E-state index in [4.69, 9.17) is 9.47 Å². The molecule has 0 amide bonds. The fourth-order valence-corrected chi connectivity index (χ4v) is 6.17. The van der Waals surface area contributed by atoms with E-state index < -0.39 is 10.0 Å². The molecule has 8 heteroatoms. The molecule has 0 radical (unpaired) electrons. The van der Waals surface area contributed by atoms with Crippen molar-refractivity contribution < 1.29 is 17.9 Å². The molecule has 1 atom stereocenters. The summed E-state index contributed by atoms with van der Waals surface area (Å²) in [5.74, 6) is 1.74. The van der Waals surface area contributed by atoms with Crippen molar-refractivity contribution in [2.75, 3.05) is 44.9 Å². The predicted molar refractivity (Wildman–Crippen MR) is 118 cm³/mol. The lowest BCUT2D eigenvalue weighted by atomic mass is 10.1. The van der Waals surface area contributed by atoms with Gasteiger partial charge in [-0.3, -0.25) is 0 Å². The molecule has 1 unspecified atom stereocenters. The number of aromatic amines is 1. The molecule has 2 saturated heterocycles. The standard InChI is InChI=1S/C22H31N3O4S/c1-4-17-6-5-9-25(17)22-8-7-19(23-22)18-15-21(16(2)14-20(18)28-3)30(26,27)24-10-12-29-13-11-24/h7-8,14-15,17,23H,4-6,9-13H2,1-3H3. The number of nitrogens with one attached hydrogen (secondary N) is 1. The van der Waals surface area contributed by atoms with Gasteiger partial charge in [0.2, 0.25) is 10.0 Å². The molecule has 3 heterocycles. The molecule has 0 bridgehead atoms. The summed E-state index contributed by atoms with van der Waals surface area (Å²) in [5, 5.41) is 0. The van der Waals surface area contributed by atoms with Crippen molar-refractivity contribution in [3.63, 3.8) is 0 Å². The highest BCUT2D eigenvalue weighted by molar-refractivity contribution is 7.89. The molecule has 7 nitrogen and oxygen atoms in total. The first kappa shape index (κ1) is 21.2. The zero-order valence-electron chi connectivity index (χ0n) is 18.0. The Morgan fingerprint density at radius 2 is 1.97 bits per heavy atom. The van der Waals surface area contributed by atoms with Crippen molar-refractivity contribution in [1.82, 2.24) is 9.29 Å². The summed E-state index contributed by atoms with van der Waals surface area (Å²) in [6.45, 7) is 6.69. The van der Waals surface area contributed by atoms with Gasteiger partial charge in [-0.15, -0.1) is 0 Å². The number of H-pyrrole nitrogens is 1. The molecule has 1 aromatic heterocycles. The van der Waals surface area contributed by atoms with E-state index in [-0.39, 0.29) is 0 Å². The average Bonchev–Trinajstić information content (AvgIpc) is 3.43. The number of nitrogens with zero attached hydrogens (tertiary/aromatic N) is 2. The molecule has 1 aromatic carbocycles. The van der Waals surface area contributed by atoms with Crippen LogP contribution >= 0.6 is 0 Å². The van der Waals surface area contributed by atoms with E-state index in [1.54, 1.807) is 13.2 Å². The van der Waals surface area contributed by atoms with Crippen LogP contribution in [-0.4, -0.2) is 63.7 Å². The quantitative estimate of drug-likeness (QED) is 0.756. The van der Waals surface area contributed by atoms with Crippen LogP contribution in [0.1, 0.15) is 31.7 Å². The fraction of sp³-hybridized carbons (Fsp3) is 0.545. The molecule has 30 heavy (non-hydrogen) atoms. The van der Waals surface area contributed by atoms with Crippen LogP contribution in [0.3, 0.4) is 0 Å². The van der Waals surface area contributed by atoms with Gasteiger partial charge in [0.15, 0.2) is 0 Å². The van der Waals surface area contributed by atoms with E-state index in [0.29, 0.717) is 48.6 Å². The van der Waals surface area contributed by atoms with E-state index in [1.807, 2.05) is 19.1 Å². The molecule has 0 aliphatic carbocycles. The number of morpholine rings is 1. The lowest BCUT2D eigenvalue weighted by Crippen LogP contribution is -2.40. The maximum atomic E-state index is 13.3. The number of hydrogen-bond donors (Lipinski definition) is 1. The summed E-state index contributed by atoms with van der Waals surface area (Å²) in [6.07, 6.45) is 3.52. The maximum Gasteiger partial charge on any atom is 0.243 e. The first-order valence-corrected chi connectivity index (χ1v) is 12.1. The van der Waals surface area contributed by atoms with E-state index in [1.165, 1.54) is 17.1 Å². The van der Waals surface area contributed by atoms with Crippen LogP contribution in [0.5, 0.6) is 5.75 Å². The molecule has 164 valence electrons. The third-order valence-corrected chi connectivity index (χ3v) is 8.24. The highest BCUT2D eigenvalue weighted by atomic mass is 32.2. The van der Waals surface area contributed by atoms with Gasteiger partial charge in [-0.2, -0.15) is 4.31 Å².